The first-order valence-corrected chi connectivity index (χ1v) is 10.8. The minimum Gasteiger partial charge on any atom is -0.491 e. The number of ether oxygens (including phenoxy) is 1. The molecule has 0 bridgehead atoms. The summed E-state index contributed by atoms with van der Waals surface area (Å²) >= 11 is 0. The Morgan fingerprint density at radius 2 is 1.41 bits per heavy atom. The Hall–Kier alpha value is -3.04. The molecule has 0 aliphatic carbocycles. The van der Waals surface area contributed by atoms with Crippen LogP contribution in [-0.2, 0) is 0 Å². The molecular weight excluding hydrogens is 423 g/mol. The van der Waals surface area contributed by atoms with E-state index >= 15 is 0 Å². The van der Waals surface area contributed by atoms with Crippen LogP contribution in [0.2, 0.25) is 0 Å². The summed E-state index contributed by atoms with van der Waals surface area (Å²) in [5.41, 5.74) is -0.546. The maximum atomic E-state index is 14.5. The van der Waals surface area contributed by atoms with Gasteiger partial charge in [0.05, 0.1) is 12.7 Å². The van der Waals surface area contributed by atoms with Gasteiger partial charge in [-0.2, -0.15) is 4.39 Å². The van der Waals surface area contributed by atoms with Crippen LogP contribution in [0.15, 0.2) is 18.2 Å². The molecule has 1 aromatic carbocycles. The lowest BCUT2D eigenvalue weighted by atomic mass is 10.1. The quantitative estimate of drug-likeness (QED) is 0.668. The normalized spacial score (nSPS) is 17.3. The molecule has 0 saturated carbocycles. The van der Waals surface area contributed by atoms with Crippen LogP contribution < -0.4 is 14.5 Å². The van der Waals surface area contributed by atoms with Crippen molar-refractivity contribution in [1.82, 2.24) is 15.1 Å². The Kier molecular flexibility index (Phi) is 6.66. The van der Waals surface area contributed by atoms with Gasteiger partial charge in [0.25, 0.3) is 5.91 Å². The van der Waals surface area contributed by atoms with Crippen LogP contribution in [0.25, 0.3) is 0 Å². The zero-order chi connectivity index (χ0) is 22.7. The maximum absolute atomic E-state index is 14.5. The molecule has 2 aliphatic heterocycles. The molecule has 0 radical (unpaired) electrons. The molecule has 32 heavy (non-hydrogen) atoms. The molecule has 172 valence electrons. The molecule has 2 aliphatic rings. The van der Waals surface area contributed by atoms with Crippen molar-refractivity contribution >= 4 is 17.5 Å². The highest BCUT2D eigenvalue weighted by molar-refractivity contribution is 5.95. The SMILES string of the molecule is COc1c(F)c(F)cc(C(=O)N2CCN(c3ccc(N4CCCCCC4)nn3)CC2)c1F. The highest BCUT2D eigenvalue weighted by Crippen LogP contribution is 2.28. The summed E-state index contributed by atoms with van der Waals surface area (Å²) in [4.78, 5) is 18.4. The summed E-state index contributed by atoms with van der Waals surface area (Å²) in [6.07, 6.45) is 4.80. The fourth-order valence-corrected chi connectivity index (χ4v) is 4.18. The minimum absolute atomic E-state index is 0.287. The van der Waals surface area contributed by atoms with Gasteiger partial charge in [0, 0.05) is 39.3 Å². The molecule has 0 atom stereocenters. The summed E-state index contributed by atoms with van der Waals surface area (Å²) in [6, 6.07) is 4.47. The van der Waals surface area contributed by atoms with Crippen molar-refractivity contribution in [3.05, 3.63) is 41.2 Å². The van der Waals surface area contributed by atoms with E-state index in [1.54, 1.807) is 0 Å². The van der Waals surface area contributed by atoms with E-state index in [1.165, 1.54) is 17.7 Å². The number of anilines is 2. The first-order chi connectivity index (χ1) is 15.5. The molecule has 7 nitrogen and oxygen atoms in total. The molecule has 10 heteroatoms. The van der Waals surface area contributed by atoms with Gasteiger partial charge in [-0.25, -0.2) is 8.78 Å². The van der Waals surface area contributed by atoms with Crippen molar-refractivity contribution in [2.24, 2.45) is 0 Å². The molecular formula is C22H26F3N5O2. The van der Waals surface area contributed by atoms with Gasteiger partial charge in [0.15, 0.2) is 29.0 Å². The molecule has 3 heterocycles. The number of methoxy groups -OCH3 is 1. The third kappa shape index (κ3) is 4.44. The van der Waals surface area contributed by atoms with Crippen molar-refractivity contribution in [2.75, 3.05) is 56.2 Å². The van der Waals surface area contributed by atoms with Crippen LogP contribution in [0.4, 0.5) is 24.8 Å². The summed E-state index contributed by atoms with van der Waals surface area (Å²) in [5, 5.41) is 8.74. The second-order valence-electron chi connectivity index (χ2n) is 8.00. The Labute approximate surface area is 184 Å². The van der Waals surface area contributed by atoms with Gasteiger partial charge < -0.3 is 19.4 Å². The number of hydrogen-bond acceptors (Lipinski definition) is 6. The largest absolute Gasteiger partial charge is 0.491 e. The molecule has 2 aromatic rings. The van der Waals surface area contributed by atoms with E-state index in [0.29, 0.717) is 25.0 Å². The average Bonchev–Trinajstić information content (AvgIpc) is 3.11. The molecule has 2 fully saturated rings. The molecule has 4 rings (SSSR count). The second-order valence-corrected chi connectivity index (χ2v) is 8.00. The average molecular weight is 449 g/mol. The van der Waals surface area contributed by atoms with Crippen LogP contribution in [0.3, 0.4) is 0 Å². The number of aromatic nitrogens is 2. The number of benzene rings is 1. The summed E-state index contributed by atoms with van der Waals surface area (Å²) in [7, 11) is 1.02. The topological polar surface area (TPSA) is 61.8 Å². The number of carbonyl (C=O) groups is 1. The van der Waals surface area contributed by atoms with Crippen LogP contribution in [0.5, 0.6) is 5.75 Å². The smallest absolute Gasteiger partial charge is 0.257 e. The van der Waals surface area contributed by atoms with Gasteiger partial charge in [-0.15, -0.1) is 10.2 Å². The Morgan fingerprint density at radius 3 is 1.94 bits per heavy atom. The van der Waals surface area contributed by atoms with E-state index in [-0.39, 0.29) is 13.1 Å². The number of nitrogens with zero attached hydrogens (tertiary/aromatic N) is 5. The van der Waals surface area contributed by atoms with Crippen molar-refractivity contribution < 1.29 is 22.7 Å². The van der Waals surface area contributed by atoms with E-state index in [1.807, 2.05) is 17.0 Å². The van der Waals surface area contributed by atoms with Crippen molar-refractivity contribution in [3.63, 3.8) is 0 Å². The number of amides is 1. The lowest BCUT2D eigenvalue weighted by Crippen LogP contribution is -2.49. The van der Waals surface area contributed by atoms with E-state index in [9.17, 15) is 18.0 Å². The molecule has 1 amide bonds. The first kappa shape index (κ1) is 22.2. The fraction of sp³-hybridized carbons (Fsp3) is 0.500. The number of piperazine rings is 1. The standard InChI is InChI=1S/C22H26F3N5O2/c1-32-21-19(24)15(14-16(23)20(21)25)22(31)30-12-10-29(11-13-30)18-7-6-17(26-27-18)28-8-4-2-3-5-9-28/h6-7,14H,2-5,8-13H2,1H3. The summed E-state index contributed by atoms with van der Waals surface area (Å²) in [5.74, 6) is -4.01. The van der Waals surface area contributed by atoms with E-state index in [4.69, 9.17) is 0 Å². The maximum Gasteiger partial charge on any atom is 0.257 e. The Balaban J connectivity index is 1.40. The van der Waals surface area contributed by atoms with Crippen molar-refractivity contribution in [1.29, 1.82) is 0 Å². The summed E-state index contributed by atoms with van der Waals surface area (Å²) in [6.45, 7) is 3.47. The number of hydrogen-bond donors (Lipinski definition) is 0. The van der Waals surface area contributed by atoms with Crippen LogP contribution in [-0.4, -0.2) is 67.4 Å². The monoisotopic (exact) mass is 449 g/mol. The molecule has 1 aromatic heterocycles. The fourth-order valence-electron chi connectivity index (χ4n) is 4.18. The molecule has 0 N–H and O–H groups in total. The van der Waals surface area contributed by atoms with Gasteiger partial charge in [-0.05, 0) is 31.0 Å². The van der Waals surface area contributed by atoms with Gasteiger partial charge >= 0.3 is 0 Å². The second kappa shape index (κ2) is 9.62. The highest BCUT2D eigenvalue weighted by atomic mass is 19.2. The zero-order valence-corrected chi connectivity index (χ0v) is 18.0. The Morgan fingerprint density at radius 1 is 0.844 bits per heavy atom. The van der Waals surface area contributed by atoms with Gasteiger partial charge in [-0.1, -0.05) is 12.8 Å². The lowest BCUT2D eigenvalue weighted by Gasteiger charge is -2.35. The third-order valence-electron chi connectivity index (χ3n) is 6.01. The number of carbonyl (C=O) groups excluding carboxylic acids is 1. The number of halogens is 3. The van der Waals surface area contributed by atoms with Gasteiger partial charge in [0.1, 0.15) is 0 Å². The molecule has 0 unspecified atom stereocenters. The Bertz CT molecular complexity index is 957. The van der Waals surface area contributed by atoms with Crippen molar-refractivity contribution in [2.45, 2.75) is 25.7 Å². The predicted octanol–water partition coefficient (Wildman–Crippen LogP) is 3.25. The van der Waals surface area contributed by atoms with E-state index in [0.717, 1.165) is 38.9 Å². The third-order valence-corrected chi connectivity index (χ3v) is 6.01. The van der Waals surface area contributed by atoms with Crippen LogP contribution in [0, 0.1) is 17.5 Å². The predicted molar refractivity (Wildman–Crippen MR) is 114 cm³/mol. The van der Waals surface area contributed by atoms with Crippen LogP contribution >= 0.6 is 0 Å². The minimum atomic E-state index is -1.45. The van der Waals surface area contributed by atoms with Crippen molar-refractivity contribution in [3.8, 4) is 5.75 Å². The van der Waals surface area contributed by atoms with E-state index < -0.39 is 34.7 Å². The van der Waals surface area contributed by atoms with Crippen LogP contribution in [0.1, 0.15) is 36.0 Å². The van der Waals surface area contributed by atoms with E-state index in [2.05, 4.69) is 19.8 Å². The summed E-state index contributed by atoms with van der Waals surface area (Å²) < 4.78 is 46.5. The number of rotatable bonds is 4. The highest BCUT2D eigenvalue weighted by Gasteiger charge is 2.29. The molecule has 0 spiro atoms. The van der Waals surface area contributed by atoms with Gasteiger partial charge in [-0.3, -0.25) is 4.79 Å². The first-order valence-electron chi connectivity index (χ1n) is 10.8. The van der Waals surface area contributed by atoms with Gasteiger partial charge in [0.2, 0.25) is 5.82 Å². The lowest BCUT2D eigenvalue weighted by molar-refractivity contribution is 0.0740. The molecule has 2 saturated heterocycles. The zero-order valence-electron chi connectivity index (χ0n) is 18.0.